The quantitative estimate of drug-likeness (QED) is 0.579. The van der Waals surface area contributed by atoms with Gasteiger partial charge >= 0.3 is 0 Å². The van der Waals surface area contributed by atoms with Crippen LogP contribution in [0.4, 0.5) is 5.69 Å². The summed E-state index contributed by atoms with van der Waals surface area (Å²) in [5, 5.41) is 21.7. The Bertz CT molecular complexity index is 1260. The first kappa shape index (κ1) is 17.4. The second-order valence-electron chi connectivity index (χ2n) is 7.41. The Morgan fingerprint density at radius 2 is 2.03 bits per heavy atom. The Hall–Kier alpha value is -3.73. The van der Waals surface area contributed by atoms with Gasteiger partial charge in [0.15, 0.2) is 5.65 Å². The first-order valence-electron chi connectivity index (χ1n) is 9.75. The molecule has 0 saturated heterocycles. The molecule has 1 aliphatic carbocycles. The molecule has 1 aliphatic rings. The van der Waals surface area contributed by atoms with Crippen LogP contribution in [0.1, 0.15) is 54.1 Å². The number of amides is 1. The maximum Gasteiger partial charge on any atom is 0.261 e. The molecule has 1 saturated carbocycles. The van der Waals surface area contributed by atoms with E-state index in [2.05, 4.69) is 26.3 Å². The van der Waals surface area contributed by atoms with Crippen molar-refractivity contribution >= 4 is 28.1 Å². The Morgan fingerprint density at radius 3 is 2.86 bits per heavy atom. The summed E-state index contributed by atoms with van der Waals surface area (Å²) in [7, 11) is 0. The number of nitrogens with one attached hydrogen (secondary N) is 1. The Balaban J connectivity index is 1.39. The summed E-state index contributed by atoms with van der Waals surface area (Å²) in [4.78, 5) is 16.9. The van der Waals surface area contributed by atoms with Gasteiger partial charge in [-0.15, -0.1) is 0 Å². The highest BCUT2D eigenvalue weighted by atomic mass is 16.1. The van der Waals surface area contributed by atoms with Gasteiger partial charge in [-0.25, -0.2) is 9.50 Å². The largest absolute Gasteiger partial charge is 0.322 e. The molecular weight excluding hydrogens is 366 g/mol. The predicted molar refractivity (Wildman–Crippen MR) is 108 cm³/mol. The predicted octanol–water partition coefficient (Wildman–Crippen LogP) is 3.71. The molecule has 1 amide bonds. The molecule has 0 bridgehead atoms. The van der Waals surface area contributed by atoms with Crippen molar-refractivity contribution in [2.75, 3.05) is 5.32 Å². The van der Waals surface area contributed by atoms with E-state index in [0.29, 0.717) is 28.5 Å². The Morgan fingerprint density at radius 1 is 1.17 bits per heavy atom. The molecule has 8 heteroatoms. The van der Waals surface area contributed by atoms with Crippen molar-refractivity contribution in [1.82, 2.24) is 24.4 Å². The van der Waals surface area contributed by atoms with Crippen LogP contribution in [0.3, 0.4) is 0 Å². The summed E-state index contributed by atoms with van der Waals surface area (Å²) in [5.74, 6) is -0.295. The Kier molecular flexibility index (Phi) is 4.21. The van der Waals surface area contributed by atoms with Gasteiger partial charge in [0, 0.05) is 23.5 Å². The number of nitrogens with zero attached hydrogens (tertiary/aromatic N) is 6. The lowest BCUT2D eigenvalue weighted by Crippen LogP contribution is -2.12. The van der Waals surface area contributed by atoms with E-state index in [1.807, 2.05) is 24.3 Å². The zero-order valence-corrected chi connectivity index (χ0v) is 15.7. The normalized spacial score (nSPS) is 14.9. The molecule has 0 aliphatic heterocycles. The van der Waals surface area contributed by atoms with Gasteiger partial charge in [0.05, 0.1) is 29.5 Å². The van der Waals surface area contributed by atoms with Crippen molar-refractivity contribution in [1.29, 1.82) is 5.26 Å². The second kappa shape index (κ2) is 7.02. The molecule has 144 valence electrons. The summed E-state index contributed by atoms with van der Waals surface area (Å²) in [6.45, 7) is 0. The van der Waals surface area contributed by atoms with E-state index in [-0.39, 0.29) is 5.91 Å². The van der Waals surface area contributed by atoms with Crippen LogP contribution in [0.15, 0.2) is 43.0 Å². The third-order valence-electron chi connectivity index (χ3n) is 5.46. The average molecular weight is 385 g/mol. The van der Waals surface area contributed by atoms with Gasteiger partial charge in [0.25, 0.3) is 5.91 Å². The minimum absolute atomic E-state index is 0.295. The molecule has 5 rings (SSSR count). The number of anilines is 1. The standard InChI is InChI=1S/C21H19N7O/c22-9-14-10-23-20-18(11-24-28(20)12-14)21(29)25-16-6-7-19-15(8-16)13-27(26-19)17-4-2-1-3-5-17/h6-8,10-13,17H,1-5H2,(H,25,29). The molecule has 1 N–H and O–H groups in total. The lowest BCUT2D eigenvalue weighted by Gasteiger charge is -2.21. The summed E-state index contributed by atoms with van der Waals surface area (Å²) >= 11 is 0. The van der Waals surface area contributed by atoms with Gasteiger partial charge in [0.1, 0.15) is 11.6 Å². The van der Waals surface area contributed by atoms with Crippen LogP contribution in [-0.4, -0.2) is 30.3 Å². The van der Waals surface area contributed by atoms with E-state index in [9.17, 15) is 4.79 Å². The van der Waals surface area contributed by atoms with Crippen LogP contribution in [0.25, 0.3) is 16.6 Å². The number of hydrogen-bond acceptors (Lipinski definition) is 5. The van der Waals surface area contributed by atoms with Gasteiger partial charge in [-0.1, -0.05) is 19.3 Å². The maximum atomic E-state index is 12.7. The third-order valence-corrected chi connectivity index (χ3v) is 5.46. The zero-order valence-electron chi connectivity index (χ0n) is 15.7. The first-order valence-corrected chi connectivity index (χ1v) is 9.75. The second-order valence-corrected chi connectivity index (χ2v) is 7.41. The van der Waals surface area contributed by atoms with Gasteiger partial charge in [-0.3, -0.25) is 9.48 Å². The van der Waals surface area contributed by atoms with Gasteiger partial charge < -0.3 is 5.32 Å². The molecule has 3 aromatic heterocycles. The fourth-order valence-electron chi connectivity index (χ4n) is 3.95. The number of hydrogen-bond donors (Lipinski definition) is 1. The smallest absolute Gasteiger partial charge is 0.261 e. The third kappa shape index (κ3) is 3.21. The van der Waals surface area contributed by atoms with E-state index in [4.69, 9.17) is 10.4 Å². The molecule has 0 unspecified atom stereocenters. The lowest BCUT2D eigenvalue weighted by atomic mass is 9.96. The van der Waals surface area contributed by atoms with Crippen molar-refractivity contribution in [3.05, 3.63) is 54.1 Å². The zero-order chi connectivity index (χ0) is 19.8. The van der Waals surface area contributed by atoms with Gasteiger partial charge in [-0.2, -0.15) is 15.5 Å². The van der Waals surface area contributed by atoms with Crippen molar-refractivity contribution < 1.29 is 4.79 Å². The summed E-state index contributed by atoms with van der Waals surface area (Å²) in [6.07, 6.45) is 12.7. The highest BCUT2D eigenvalue weighted by Gasteiger charge is 2.18. The molecule has 29 heavy (non-hydrogen) atoms. The highest BCUT2D eigenvalue weighted by Crippen LogP contribution is 2.29. The van der Waals surface area contributed by atoms with Crippen LogP contribution in [0.5, 0.6) is 0 Å². The number of nitriles is 1. The van der Waals surface area contributed by atoms with E-state index in [1.165, 1.54) is 49.0 Å². The molecule has 3 heterocycles. The van der Waals surface area contributed by atoms with Crippen molar-refractivity contribution in [2.24, 2.45) is 0 Å². The van der Waals surface area contributed by atoms with E-state index in [0.717, 1.165) is 10.9 Å². The number of benzene rings is 1. The van der Waals surface area contributed by atoms with Crippen molar-refractivity contribution in [3.8, 4) is 6.07 Å². The number of carbonyl (C=O) groups is 1. The van der Waals surface area contributed by atoms with Crippen LogP contribution < -0.4 is 5.32 Å². The van der Waals surface area contributed by atoms with E-state index >= 15 is 0 Å². The lowest BCUT2D eigenvalue weighted by molar-refractivity contribution is 0.102. The van der Waals surface area contributed by atoms with Gasteiger partial charge in [0.2, 0.25) is 0 Å². The monoisotopic (exact) mass is 385 g/mol. The fraction of sp³-hybridized carbons (Fsp3) is 0.286. The highest BCUT2D eigenvalue weighted by molar-refractivity contribution is 6.08. The number of carbonyl (C=O) groups excluding carboxylic acids is 1. The van der Waals surface area contributed by atoms with Crippen LogP contribution in [0.2, 0.25) is 0 Å². The van der Waals surface area contributed by atoms with E-state index < -0.39 is 0 Å². The van der Waals surface area contributed by atoms with Crippen LogP contribution >= 0.6 is 0 Å². The SMILES string of the molecule is N#Cc1cnc2c(C(=O)Nc3ccc4nn(C5CCCCC5)cc4c3)cnn2c1. The van der Waals surface area contributed by atoms with Crippen molar-refractivity contribution in [3.63, 3.8) is 0 Å². The average Bonchev–Trinajstić information content (AvgIpc) is 3.37. The summed E-state index contributed by atoms with van der Waals surface area (Å²) in [5.41, 5.74) is 2.77. The summed E-state index contributed by atoms with van der Waals surface area (Å²) in [6, 6.07) is 8.20. The molecule has 0 radical (unpaired) electrons. The fourth-order valence-corrected chi connectivity index (χ4v) is 3.95. The summed E-state index contributed by atoms with van der Waals surface area (Å²) < 4.78 is 3.52. The minimum Gasteiger partial charge on any atom is -0.322 e. The molecule has 1 aromatic carbocycles. The first-order chi connectivity index (χ1) is 14.2. The Labute approximate surface area is 166 Å². The molecule has 0 atom stereocenters. The van der Waals surface area contributed by atoms with Gasteiger partial charge in [-0.05, 0) is 31.0 Å². The van der Waals surface area contributed by atoms with Crippen LogP contribution in [-0.2, 0) is 0 Å². The maximum absolute atomic E-state index is 12.7. The minimum atomic E-state index is -0.295. The molecule has 4 aromatic rings. The number of fused-ring (bicyclic) bond motifs is 2. The molecule has 1 fully saturated rings. The molecular formula is C21H19N7O. The molecule has 0 spiro atoms. The van der Waals surface area contributed by atoms with Crippen LogP contribution in [0, 0.1) is 11.3 Å². The van der Waals surface area contributed by atoms with E-state index in [1.54, 1.807) is 6.20 Å². The number of aromatic nitrogens is 5. The van der Waals surface area contributed by atoms with Crippen molar-refractivity contribution in [2.45, 2.75) is 38.1 Å². The number of rotatable bonds is 3. The topological polar surface area (TPSA) is 101 Å². The molecule has 8 nitrogen and oxygen atoms in total.